The molecule has 0 aromatic carbocycles. The van der Waals surface area contributed by atoms with E-state index in [-0.39, 0.29) is 23.9 Å². The molecule has 0 spiro atoms. The van der Waals surface area contributed by atoms with Gasteiger partial charge in [0.05, 0.1) is 12.2 Å². The first-order valence-corrected chi connectivity index (χ1v) is 9.45. The molecule has 23 heavy (non-hydrogen) atoms. The Bertz CT molecular complexity index is 499. The molecule has 9 atom stereocenters. The van der Waals surface area contributed by atoms with Gasteiger partial charge in [-0.2, -0.15) is 0 Å². The average Bonchev–Trinajstić information content (AvgIpc) is 2.79. The number of fused-ring (bicyclic) bond motifs is 5. The van der Waals surface area contributed by atoms with Crippen molar-refractivity contribution in [3.05, 3.63) is 0 Å². The molecule has 4 saturated carbocycles. The van der Waals surface area contributed by atoms with E-state index in [4.69, 9.17) is 0 Å². The van der Waals surface area contributed by atoms with Crippen LogP contribution in [0.3, 0.4) is 0 Å². The van der Waals surface area contributed by atoms with Crippen molar-refractivity contribution in [3.8, 4) is 0 Å². The molecule has 0 amide bonds. The fourth-order valence-corrected chi connectivity index (χ4v) is 7.18. The van der Waals surface area contributed by atoms with Gasteiger partial charge in [0.15, 0.2) is 0 Å². The molecule has 132 valence electrons. The first kappa shape index (κ1) is 16.3. The number of hydrogen-bond acceptors (Lipinski definition) is 3. The average molecular weight is 326 g/mol. The van der Waals surface area contributed by atoms with Crippen molar-refractivity contribution in [2.75, 3.05) is 0 Å². The Hall–Kier alpha value is -0.190. The summed E-state index contributed by atoms with van der Waals surface area (Å²) in [6.45, 7) is 4.25. The fraction of sp³-hybridized carbons (Fsp3) is 1.00. The van der Waals surface area contributed by atoms with Gasteiger partial charge in [-0.15, -0.1) is 0 Å². The zero-order chi connectivity index (χ0) is 16.6. The van der Waals surface area contributed by atoms with Crippen molar-refractivity contribution in [1.82, 2.24) is 0 Å². The number of aliphatic hydroxyl groups excluding tert-OH is 2. The molecule has 4 heteroatoms. The number of hydrogen-bond donors (Lipinski definition) is 3. The maximum Gasteiger partial charge on any atom is 0.130 e. The topological polar surface area (TPSA) is 60.7 Å². The van der Waals surface area contributed by atoms with Crippen LogP contribution in [0.25, 0.3) is 0 Å². The molecular formula is C19H31FO3. The summed E-state index contributed by atoms with van der Waals surface area (Å²) in [7, 11) is 0. The highest BCUT2D eigenvalue weighted by atomic mass is 19.1. The van der Waals surface area contributed by atoms with Crippen LogP contribution in [0, 0.1) is 28.6 Å². The maximum absolute atomic E-state index is 15.1. The highest BCUT2D eigenvalue weighted by molar-refractivity contribution is 5.17. The SMILES string of the molecule is C[C@]12CC[C@@H]3[C@H](C[C@H](F)[C@@]4(O)C[C@H](O)CC[C@]34C)[C@H]1CC[C@@H]2O. The van der Waals surface area contributed by atoms with Crippen LogP contribution >= 0.6 is 0 Å². The van der Waals surface area contributed by atoms with Crippen LogP contribution in [0.15, 0.2) is 0 Å². The standard InChI is InChI=1S/C19H31FO3/c1-17-7-6-14-12(13(17)3-4-16(17)22)9-15(20)19(23)10-11(21)5-8-18(14,19)2/h11-16,21-23H,3-10H2,1-2H3/t11-,12-,13-,14-,15+,16+,17+,18-,19+/m1/s1. The van der Waals surface area contributed by atoms with E-state index >= 15 is 4.39 Å². The summed E-state index contributed by atoms with van der Waals surface area (Å²) in [5, 5.41) is 31.7. The number of aliphatic hydroxyl groups is 3. The molecule has 4 aliphatic carbocycles. The van der Waals surface area contributed by atoms with E-state index in [1.165, 1.54) is 0 Å². The second kappa shape index (κ2) is 4.92. The van der Waals surface area contributed by atoms with E-state index in [1.54, 1.807) is 0 Å². The van der Waals surface area contributed by atoms with Gasteiger partial charge in [0.2, 0.25) is 0 Å². The Morgan fingerprint density at radius 2 is 1.70 bits per heavy atom. The highest BCUT2D eigenvalue weighted by Gasteiger charge is 2.67. The molecule has 4 rings (SSSR count). The van der Waals surface area contributed by atoms with E-state index in [0.717, 1.165) is 25.7 Å². The van der Waals surface area contributed by atoms with Gasteiger partial charge in [-0.05, 0) is 68.1 Å². The van der Waals surface area contributed by atoms with E-state index < -0.39 is 23.3 Å². The Labute approximate surface area is 138 Å². The maximum atomic E-state index is 15.1. The van der Waals surface area contributed by atoms with Crippen LogP contribution in [0.1, 0.15) is 65.2 Å². The summed E-state index contributed by atoms with van der Waals surface area (Å²) in [6.07, 6.45) is 3.62. The highest BCUT2D eigenvalue weighted by Crippen LogP contribution is 2.67. The van der Waals surface area contributed by atoms with Crippen LogP contribution in [0.2, 0.25) is 0 Å². The molecule has 0 heterocycles. The van der Waals surface area contributed by atoms with Gasteiger partial charge in [0.25, 0.3) is 0 Å². The molecule has 4 aliphatic rings. The van der Waals surface area contributed by atoms with Gasteiger partial charge in [-0.1, -0.05) is 13.8 Å². The second-order valence-corrected chi connectivity index (χ2v) is 9.46. The molecule has 4 fully saturated rings. The molecule has 0 radical (unpaired) electrons. The largest absolute Gasteiger partial charge is 0.393 e. The fourth-order valence-electron chi connectivity index (χ4n) is 7.18. The van der Waals surface area contributed by atoms with Crippen molar-refractivity contribution >= 4 is 0 Å². The summed E-state index contributed by atoms with van der Waals surface area (Å²) in [6, 6.07) is 0. The van der Waals surface area contributed by atoms with Crippen molar-refractivity contribution in [2.45, 2.75) is 89.2 Å². The minimum atomic E-state index is -1.38. The summed E-state index contributed by atoms with van der Waals surface area (Å²) in [4.78, 5) is 0. The summed E-state index contributed by atoms with van der Waals surface area (Å²) in [5.41, 5.74) is -1.89. The van der Waals surface area contributed by atoms with Crippen molar-refractivity contribution < 1.29 is 19.7 Å². The van der Waals surface area contributed by atoms with Gasteiger partial charge in [-0.25, -0.2) is 4.39 Å². The van der Waals surface area contributed by atoms with E-state index in [2.05, 4.69) is 13.8 Å². The van der Waals surface area contributed by atoms with Gasteiger partial charge in [0, 0.05) is 11.8 Å². The van der Waals surface area contributed by atoms with E-state index in [0.29, 0.717) is 31.1 Å². The molecule has 0 aliphatic heterocycles. The smallest absolute Gasteiger partial charge is 0.130 e. The molecule has 0 aromatic rings. The third kappa shape index (κ3) is 1.92. The monoisotopic (exact) mass is 326 g/mol. The molecule has 3 N–H and O–H groups in total. The second-order valence-electron chi connectivity index (χ2n) is 9.46. The van der Waals surface area contributed by atoms with Crippen LogP contribution in [-0.4, -0.2) is 39.3 Å². The minimum absolute atomic E-state index is 0.0686. The Balaban J connectivity index is 1.71. The van der Waals surface area contributed by atoms with Gasteiger partial charge in [0.1, 0.15) is 11.8 Å². The lowest BCUT2D eigenvalue weighted by Crippen LogP contribution is -2.67. The van der Waals surface area contributed by atoms with Crippen molar-refractivity contribution in [3.63, 3.8) is 0 Å². The minimum Gasteiger partial charge on any atom is -0.393 e. The quantitative estimate of drug-likeness (QED) is 0.641. The molecule has 3 nitrogen and oxygen atoms in total. The third-order valence-corrected chi connectivity index (χ3v) is 8.74. The van der Waals surface area contributed by atoms with E-state index in [9.17, 15) is 15.3 Å². The van der Waals surface area contributed by atoms with Gasteiger partial charge >= 0.3 is 0 Å². The lowest BCUT2D eigenvalue weighted by molar-refractivity contribution is -0.250. The molecule has 0 bridgehead atoms. The molecule has 0 aromatic heterocycles. The number of rotatable bonds is 0. The predicted molar refractivity (Wildman–Crippen MR) is 85.5 cm³/mol. The Morgan fingerprint density at radius 3 is 2.43 bits per heavy atom. The molecule has 0 saturated heterocycles. The first-order chi connectivity index (χ1) is 10.7. The van der Waals surface area contributed by atoms with Crippen LogP contribution in [-0.2, 0) is 0 Å². The Morgan fingerprint density at radius 1 is 0.957 bits per heavy atom. The summed E-state index contributed by atoms with van der Waals surface area (Å²) < 4.78 is 15.1. The normalized spacial score (nSPS) is 62.3. The van der Waals surface area contributed by atoms with Gasteiger partial charge in [-0.3, -0.25) is 0 Å². The lowest BCUT2D eigenvalue weighted by atomic mass is 9.43. The number of halogens is 1. The van der Waals surface area contributed by atoms with Crippen LogP contribution in [0.4, 0.5) is 4.39 Å². The van der Waals surface area contributed by atoms with Crippen molar-refractivity contribution in [1.29, 1.82) is 0 Å². The summed E-state index contributed by atoms with van der Waals surface area (Å²) in [5.74, 6) is 0.958. The lowest BCUT2D eigenvalue weighted by Gasteiger charge is -2.64. The molecule has 0 unspecified atom stereocenters. The zero-order valence-corrected chi connectivity index (χ0v) is 14.3. The van der Waals surface area contributed by atoms with Crippen LogP contribution < -0.4 is 0 Å². The summed E-state index contributed by atoms with van der Waals surface area (Å²) >= 11 is 0. The molecular weight excluding hydrogens is 295 g/mol. The first-order valence-electron chi connectivity index (χ1n) is 9.45. The van der Waals surface area contributed by atoms with Gasteiger partial charge < -0.3 is 15.3 Å². The van der Waals surface area contributed by atoms with Crippen LogP contribution in [0.5, 0.6) is 0 Å². The van der Waals surface area contributed by atoms with Crippen molar-refractivity contribution in [2.24, 2.45) is 28.6 Å². The number of alkyl halides is 1. The Kier molecular flexibility index (Phi) is 3.48. The zero-order valence-electron chi connectivity index (χ0n) is 14.3. The van der Waals surface area contributed by atoms with E-state index in [1.807, 2.05) is 0 Å². The third-order valence-electron chi connectivity index (χ3n) is 8.74. The predicted octanol–water partition coefficient (Wildman–Crippen LogP) is 2.81.